The van der Waals surface area contributed by atoms with Gasteiger partial charge in [-0.3, -0.25) is 9.59 Å². The third-order valence-electron chi connectivity index (χ3n) is 3.36. The number of ether oxygens (including phenoxy) is 1. The molecule has 0 saturated carbocycles. The summed E-state index contributed by atoms with van der Waals surface area (Å²) in [4.78, 5) is 40.9. The van der Waals surface area contributed by atoms with E-state index < -0.39 is 23.9 Å². The first-order valence-electron chi connectivity index (χ1n) is 6.82. The van der Waals surface area contributed by atoms with Crippen LogP contribution in [0.2, 0.25) is 0 Å². The van der Waals surface area contributed by atoms with E-state index in [1.807, 2.05) is 30.3 Å². The van der Waals surface area contributed by atoms with Crippen LogP contribution >= 0.6 is 11.3 Å². The van der Waals surface area contributed by atoms with E-state index >= 15 is 0 Å². The fourth-order valence-electron chi connectivity index (χ4n) is 2.22. The van der Waals surface area contributed by atoms with Gasteiger partial charge in [0.2, 0.25) is 0 Å². The normalized spacial score (nSPS) is 17.3. The smallest absolute Gasteiger partial charge is 0.330 e. The van der Waals surface area contributed by atoms with Crippen molar-refractivity contribution in [2.45, 2.75) is 12.5 Å². The van der Waals surface area contributed by atoms with Crippen molar-refractivity contribution < 1.29 is 19.1 Å². The molecular weight excluding hydrogens is 318 g/mol. The lowest BCUT2D eigenvalue weighted by Crippen LogP contribution is -2.33. The van der Waals surface area contributed by atoms with E-state index in [9.17, 15) is 14.4 Å². The molecule has 1 atom stereocenters. The highest BCUT2D eigenvalue weighted by Crippen LogP contribution is 2.29. The Morgan fingerprint density at radius 1 is 1.35 bits per heavy atom. The molecule has 1 aromatic carbocycles. The number of nitrogens with one attached hydrogen (secondary N) is 1. The van der Waals surface area contributed by atoms with E-state index in [0.29, 0.717) is 5.01 Å². The van der Waals surface area contributed by atoms with E-state index in [1.54, 1.807) is 5.38 Å². The molecule has 1 aliphatic heterocycles. The third kappa shape index (κ3) is 2.93. The molecular formula is C15H13N3O4S. The first-order chi connectivity index (χ1) is 11.1. The molecule has 1 fully saturated rings. The molecule has 2 heterocycles. The summed E-state index contributed by atoms with van der Waals surface area (Å²) in [6, 6.07) is 7.95. The monoisotopic (exact) mass is 331 g/mol. The van der Waals surface area contributed by atoms with Gasteiger partial charge in [0.15, 0.2) is 5.82 Å². The molecule has 0 unspecified atom stereocenters. The summed E-state index contributed by atoms with van der Waals surface area (Å²) >= 11 is 1.34. The number of carbonyl (C=O) groups excluding carboxylic acids is 3. The minimum atomic E-state index is -0.920. The van der Waals surface area contributed by atoms with Gasteiger partial charge in [-0.1, -0.05) is 30.3 Å². The highest BCUT2D eigenvalue weighted by atomic mass is 32.1. The molecule has 7 nitrogen and oxygen atoms in total. The Labute approximate surface area is 135 Å². The molecule has 1 N–H and O–H groups in total. The fraction of sp³-hybridized carbons (Fsp3) is 0.200. The Balaban J connectivity index is 1.82. The van der Waals surface area contributed by atoms with Crippen molar-refractivity contribution in [1.29, 1.82) is 0 Å². The van der Waals surface area contributed by atoms with Crippen molar-refractivity contribution in [3.63, 3.8) is 0 Å². The van der Waals surface area contributed by atoms with Crippen molar-refractivity contribution in [1.82, 2.24) is 10.3 Å². The van der Waals surface area contributed by atoms with Crippen LogP contribution in [0.25, 0.3) is 10.6 Å². The summed E-state index contributed by atoms with van der Waals surface area (Å²) in [6.07, 6.45) is -0.201. The molecule has 0 aliphatic carbocycles. The van der Waals surface area contributed by atoms with Crippen molar-refractivity contribution in [2.24, 2.45) is 0 Å². The zero-order valence-corrected chi connectivity index (χ0v) is 13.0. The van der Waals surface area contributed by atoms with E-state index in [1.165, 1.54) is 18.4 Å². The predicted octanol–water partition coefficient (Wildman–Crippen LogP) is 1.80. The number of hydrogen-bond acceptors (Lipinski definition) is 6. The molecule has 0 spiro atoms. The Hall–Kier alpha value is -2.74. The van der Waals surface area contributed by atoms with E-state index in [0.717, 1.165) is 10.5 Å². The van der Waals surface area contributed by atoms with Crippen LogP contribution in [0.4, 0.5) is 10.6 Å². The van der Waals surface area contributed by atoms with Crippen LogP contribution in [0.3, 0.4) is 0 Å². The number of thiazole rings is 1. The largest absolute Gasteiger partial charge is 0.469 e. The van der Waals surface area contributed by atoms with Gasteiger partial charge in [0.1, 0.15) is 11.0 Å². The van der Waals surface area contributed by atoms with Crippen molar-refractivity contribution in [3.05, 3.63) is 35.7 Å². The zero-order valence-electron chi connectivity index (χ0n) is 12.2. The number of aromatic nitrogens is 1. The van der Waals surface area contributed by atoms with Gasteiger partial charge in [-0.25, -0.2) is 14.7 Å². The van der Waals surface area contributed by atoms with E-state index in [2.05, 4.69) is 15.0 Å². The summed E-state index contributed by atoms with van der Waals surface area (Å²) in [7, 11) is 1.23. The number of hydrogen-bond donors (Lipinski definition) is 1. The Kier molecular flexibility index (Phi) is 4.07. The fourth-order valence-corrected chi connectivity index (χ4v) is 3.01. The third-order valence-corrected chi connectivity index (χ3v) is 4.24. The number of rotatable bonds is 4. The molecule has 3 amide bonds. The second-order valence-corrected chi connectivity index (χ2v) is 5.69. The SMILES string of the molecule is COC(=O)C[C@@H]1NC(=O)N(c2csc(-c3ccccc3)n2)C1=O. The molecule has 118 valence electrons. The summed E-state index contributed by atoms with van der Waals surface area (Å²) in [6.45, 7) is 0. The number of imide groups is 1. The predicted molar refractivity (Wildman–Crippen MR) is 84.0 cm³/mol. The maximum Gasteiger partial charge on any atom is 0.330 e. The lowest BCUT2D eigenvalue weighted by Gasteiger charge is -2.09. The Bertz CT molecular complexity index is 759. The minimum absolute atomic E-state index is 0.201. The van der Waals surface area contributed by atoms with Gasteiger partial charge in [0, 0.05) is 10.9 Å². The summed E-state index contributed by atoms with van der Waals surface area (Å²) in [5, 5.41) is 4.81. The molecule has 0 bridgehead atoms. The lowest BCUT2D eigenvalue weighted by molar-refractivity contribution is -0.142. The number of methoxy groups -OCH3 is 1. The number of carbonyl (C=O) groups is 3. The molecule has 1 aliphatic rings. The van der Waals surface area contributed by atoms with Gasteiger partial charge >= 0.3 is 12.0 Å². The van der Waals surface area contributed by atoms with Crippen molar-refractivity contribution >= 4 is 35.1 Å². The summed E-state index contributed by atoms with van der Waals surface area (Å²) < 4.78 is 4.52. The zero-order chi connectivity index (χ0) is 16.4. The second-order valence-electron chi connectivity index (χ2n) is 4.83. The number of urea groups is 1. The lowest BCUT2D eigenvalue weighted by atomic mass is 10.2. The Morgan fingerprint density at radius 2 is 2.09 bits per heavy atom. The van der Waals surface area contributed by atoms with Gasteiger partial charge in [0.25, 0.3) is 5.91 Å². The summed E-state index contributed by atoms with van der Waals surface area (Å²) in [5.41, 5.74) is 0.905. The molecule has 1 aromatic heterocycles. The maximum atomic E-state index is 12.3. The second kappa shape index (κ2) is 6.17. The van der Waals surface area contributed by atoms with Gasteiger partial charge in [-0.05, 0) is 0 Å². The van der Waals surface area contributed by atoms with Gasteiger partial charge in [-0.15, -0.1) is 11.3 Å². The maximum absolute atomic E-state index is 12.3. The number of nitrogens with zero attached hydrogens (tertiary/aromatic N) is 2. The highest BCUT2D eigenvalue weighted by molar-refractivity contribution is 7.13. The van der Waals surface area contributed by atoms with Crippen LogP contribution in [-0.2, 0) is 14.3 Å². The van der Waals surface area contributed by atoms with Gasteiger partial charge < -0.3 is 10.1 Å². The van der Waals surface area contributed by atoms with Crippen LogP contribution in [0.1, 0.15) is 6.42 Å². The van der Waals surface area contributed by atoms with Gasteiger partial charge in [0.05, 0.1) is 13.5 Å². The molecule has 23 heavy (non-hydrogen) atoms. The number of anilines is 1. The van der Waals surface area contributed by atoms with Gasteiger partial charge in [-0.2, -0.15) is 0 Å². The Morgan fingerprint density at radius 3 is 2.78 bits per heavy atom. The van der Waals surface area contributed by atoms with Crippen LogP contribution in [0.5, 0.6) is 0 Å². The van der Waals surface area contributed by atoms with Crippen molar-refractivity contribution in [3.8, 4) is 10.6 Å². The first-order valence-corrected chi connectivity index (χ1v) is 7.70. The van der Waals surface area contributed by atoms with Crippen LogP contribution in [0, 0.1) is 0 Å². The molecule has 8 heteroatoms. The molecule has 0 radical (unpaired) electrons. The van der Waals surface area contributed by atoms with Crippen LogP contribution < -0.4 is 10.2 Å². The summed E-state index contributed by atoms with van der Waals surface area (Å²) in [5.74, 6) is -0.817. The van der Waals surface area contributed by atoms with Crippen LogP contribution in [-0.4, -0.2) is 36.0 Å². The highest BCUT2D eigenvalue weighted by Gasteiger charge is 2.41. The molecule has 2 aromatic rings. The topological polar surface area (TPSA) is 88.6 Å². The molecule has 3 rings (SSSR count). The standard InChI is InChI=1S/C15H13N3O4S/c1-22-12(19)7-10-14(20)18(15(21)16-10)11-8-23-13(17-11)9-5-3-2-4-6-9/h2-6,8,10H,7H2,1H3,(H,16,21)/t10-/m0/s1. The number of amides is 3. The van der Waals surface area contributed by atoms with E-state index in [-0.39, 0.29) is 12.2 Å². The average Bonchev–Trinajstić information content (AvgIpc) is 3.13. The number of esters is 1. The van der Waals surface area contributed by atoms with Crippen LogP contribution in [0.15, 0.2) is 35.7 Å². The molecule has 1 saturated heterocycles. The quantitative estimate of drug-likeness (QED) is 0.682. The first kappa shape index (κ1) is 15.2. The number of benzene rings is 1. The minimum Gasteiger partial charge on any atom is -0.469 e. The van der Waals surface area contributed by atoms with E-state index in [4.69, 9.17) is 0 Å². The van der Waals surface area contributed by atoms with Crippen molar-refractivity contribution in [2.75, 3.05) is 12.0 Å². The average molecular weight is 331 g/mol.